The number of rotatable bonds is 4. The highest BCUT2D eigenvalue weighted by atomic mass is 35.5. The topological polar surface area (TPSA) is 72.1 Å². The summed E-state index contributed by atoms with van der Waals surface area (Å²) in [5.41, 5.74) is 6.36. The van der Waals surface area contributed by atoms with Gasteiger partial charge >= 0.3 is 0 Å². The summed E-state index contributed by atoms with van der Waals surface area (Å²) in [5.74, 6) is -0.0241. The molecule has 6 heteroatoms. The number of hydrogen-bond acceptors (Lipinski definition) is 4. The fourth-order valence-corrected chi connectivity index (χ4v) is 1.46. The smallest absolute Gasteiger partial charge is 0.239 e. The first-order valence-corrected chi connectivity index (χ1v) is 5.77. The van der Waals surface area contributed by atoms with Gasteiger partial charge in [0.2, 0.25) is 5.91 Å². The van der Waals surface area contributed by atoms with E-state index >= 15 is 0 Å². The summed E-state index contributed by atoms with van der Waals surface area (Å²) in [6, 6.07) is -0.504. The molecule has 0 saturated heterocycles. The largest absolute Gasteiger partial charge is 0.338 e. The van der Waals surface area contributed by atoms with Gasteiger partial charge in [-0.15, -0.1) is 0 Å². The SMILES string of the molecule is CC(C)C(N)C(=O)N(C)Cc1nccnc1Cl. The number of halogens is 1. The van der Waals surface area contributed by atoms with E-state index in [2.05, 4.69) is 9.97 Å². The van der Waals surface area contributed by atoms with Gasteiger partial charge in [0.05, 0.1) is 18.3 Å². The summed E-state index contributed by atoms with van der Waals surface area (Å²) in [6.45, 7) is 4.13. The summed E-state index contributed by atoms with van der Waals surface area (Å²) < 4.78 is 0. The third-order valence-corrected chi connectivity index (χ3v) is 2.81. The van der Waals surface area contributed by atoms with Crippen LogP contribution >= 0.6 is 11.6 Å². The molecule has 1 atom stereocenters. The minimum Gasteiger partial charge on any atom is -0.338 e. The maximum absolute atomic E-state index is 11.9. The van der Waals surface area contributed by atoms with Crippen LogP contribution in [0.1, 0.15) is 19.5 Å². The van der Waals surface area contributed by atoms with Crippen molar-refractivity contribution in [2.75, 3.05) is 7.05 Å². The van der Waals surface area contributed by atoms with Crippen LogP contribution in [-0.2, 0) is 11.3 Å². The highest BCUT2D eigenvalue weighted by Gasteiger charge is 2.21. The molecule has 2 N–H and O–H groups in total. The van der Waals surface area contributed by atoms with Crippen molar-refractivity contribution in [3.8, 4) is 0 Å². The van der Waals surface area contributed by atoms with Crippen LogP contribution in [0, 0.1) is 5.92 Å². The molecule has 17 heavy (non-hydrogen) atoms. The maximum Gasteiger partial charge on any atom is 0.239 e. The molecule has 1 rings (SSSR count). The molecule has 0 spiro atoms. The van der Waals surface area contributed by atoms with Crippen molar-refractivity contribution in [1.29, 1.82) is 0 Å². The second kappa shape index (κ2) is 5.93. The highest BCUT2D eigenvalue weighted by Crippen LogP contribution is 2.12. The second-order valence-electron chi connectivity index (χ2n) is 4.26. The van der Waals surface area contributed by atoms with Crippen LogP contribution in [0.4, 0.5) is 0 Å². The van der Waals surface area contributed by atoms with Crippen molar-refractivity contribution in [2.24, 2.45) is 11.7 Å². The number of aromatic nitrogens is 2. The minimum absolute atomic E-state index is 0.0993. The molecule has 1 aromatic rings. The van der Waals surface area contributed by atoms with Crippen LogP contribution in [0.3, 0.4) is 0 Å². The second-order valence-corrected chi connectivity index (χ2v) is 4.62. The Labute approximate surface area is 106 Å². The summed E-state index contributed by atoms with van der Waals surface area (Å²) in [5, 5.41) is 0.310. The lowest BCUT2D eigenvalue weighted by Crippen LogP contribution is -2.44. The predicted molar refractivity (Wildman–Crippen MR) is 66.3 cm³/mol. The number of carbonyl (C=O) groups excluding carboxylic acids is 1. The van der Waals surface area contributed by atoms with Crippen LogP contribution in [0.15, 0.2) is 12.4 Å². The molecule has 0 fully saturated rings. The Kier molecular flexibility index (Phi) is 4.84. The molecule has 0 aliphatic heterocycles. The molecule has 0 radical (unpaired) electrons. The van der Waals surface area contributed by atoms with Gasteiger partial charge in [-0.1, -0.05) is 25.4 Å². The van der Waals surface area contributed by atoms with Gasteiger partial charge < -0.3 is 10.6 Å². The Morgan fingerprint density at radius 1 is 1.47 bits per heavy atom. The standard InChI is InChI=1S/C11H17ClN4O/c1-7(2)9(13)11(17)16(3)6-8-10(12)15-5-4-14-8/h4-5,7,9H,6,13H2,1-3H3. The molecular weight excluding hydrogens is 240 g/mol. The van der Waals surface area contributed by atoms with Gasteiger partial charge in [0, 0.05) is 19.4 Å². The molecule has 0 aliphatic carbocycles. The minimum atomic E-state index is -0.504. The van der Waals surface area contributed by atoms with Gasteiger partial charge in [0.1, 0.15) is 0 Å². The van der Waals surface area contributed by atoms with Gasteiger partial charge in [-0.25, -0.2) is 4.98 Å². The quantitative estimate of drug-likeness (QED) is 0.875. The fraction of sp³-hybridized carbons (Fsp3) is 0.545. The van der Waals surface area contributed by atoms with Crippen LogP contribution < -0.4 is 5.73 Å². The molecule has 5 nitrogen and oxygen atoms in total. The zero-order chi connectivity index (χ0) is 13.0. The third-order valence-electron chi connectivity index (χ3n) is 2.49. The van der Waals surface area contributed by atoms with Gasteiger partial charge in [0.15, 0.2) is 5.15 Å². The summed E-state index contributed by atoms with van der Waals surface area (Å²) in [4.78, 5) is 21.4. The van der Waals surface area contributed by atoms with Gasteiger partial charge in [0.25, 0.3) is 0 Å². The van der Waals surface area contributed by atoms with E-state index in [-0.39, 0.29) is 11.8 Å². The van der Waals surface area contributed by atoms with Gasteiger partial charge in [-0.3, -0.25) is 9.78 Å². The van der Waals surface area contributed by atoms with E-state index in [9.17, 15) is 4.79 Å². The number of amides is 1. The molecule has 1 amide bonds. The normalized spacial score (nSPS) is 12.6. The van der Waals surface area contributed by atoms with Crippen molar-refractivity contribution in [3.63, 3.8) is 0 Å². The first-order chi connectivity index (χ1) is 7.93. The van der Waals surface area contributed by atoms with Crippen LogP contribution in [0.5, 0.6) is 0 Å². The zero-order valence-electron chi connectivity index (χ0n) is 10.2. The average Bonchev–Trinajstić information content (AvgIpc) is 2.30. The monoisotopic (exact) mass is 256 g/mol. The van der Waals surface area contributed by atoms with Crippen LogP contribution in [0.2, 0.25) is 5.15 Å². The molecule has 0 saturated carbocycles. The molecule has 0 aromatic carbocycles. The van der Waals surface area contributed by atoms with E-state index in [1.54, 1.807) is 13.2 Å². The molecule has 1 aromatic heterocycles. The van der Waals surface area contributed by atoms with E-state index < -0.39 is 6.04 Å². The van der Waals surface area contributed by atoms with Gasteiger partial charge in [-0.05, 0) is 5.92 Å². The Bertz CT molecular complexity index is 397. The highest BCUT2D eigenvalue weighted by molar-refractivity contribution is 6.29. The van der Waals surface area contributed by atoms with Crippen molar-refractivity contribution < 1.29 is 4.79 Å². The van der Waals surface area contributed by atoms with E-state index in [1.807, 2.05) is 13.8 Å². The van der Waals surface area contributed by atoms with E-state index in [4.69, 9.17) is 17.3 Å². The Balaban J connectivity index is 2.70. The first kappa shape index (κ1) is 13.9. The number of hydrogen-bond donors (Lipinski definition) is 1. The molecule has 1 heterocycles. The van der Waals surface area contributed by atoms with E-state index in [1.165, 1.54) is 11.1 Å². The number of likely N-dealkylation sites (N-methyl/N-ethyl adjacent to an activating group) is 1. The molecule has 1 unspecified atom stereocenters. The Hall–Kier alpha value is -1.20. The summed E-state index contributed by atoms with van der Waals surface area (Å²) in [6.07, 6.45) is 3.05. The Morgan fingerprint density at radius 3 is 2.59 bits per heavy atom. The van der Waals surface area contributed by atoms with Crippen LogP contribution in [-0.4, -0.2) is 33.9 Å². The molecule has 0 aliphatic rings. The zero-order valence-corrected chi connectivity index (χ0v) is 11.0. The van der Waals surface area contributed by atoms with E-state index in [0.29, 0.717) is 17.4 Å². The number of nitrogens with zero attached hydrogens (tertiary/aromatic N) is 3. The lowest BCUT2D eigenvalue weighted by Gasteiger charge is -2.23. The molecular formula is C11H17ClN4O. The van der Waals surface area contributed by atoms with Crippen molar-refractivity contribution in [1.82, 2.24) is 14.9 Å². The summed E-state index contributed by atoms with van der Waals surface area (Å²) >= 11 is 5.87. The average molecular weight is 257 g/mol. The lowest BCUT2D eigenvalue weighted by atomic mass is 10.0. The van der Waals surface area contributed by atoms with Gasteiger partial charge in [-0.2, -0.15) is 0 Å². The van der Waals surface area contributed by atoms with Crippen molar-refractivity contribution >= 4 is 17.5 Å². The number of nitrogens with two attached hydrogens (primary N) is 1. The summed E-state index contributed by atoms with van der Waals surface area (Å²) in [7, 11) is 1.68. The lowest BCUT2D eigenvalue weighted by molar-refractivity contribution is -0.132. The van der Waals surface area contributed by atoms with E-state index in [0.717, 1.165) is 0 Å². The molecule has 0 bridgehead atoms. The van der Waals surface area contributed by atoms with Crippen LogP contribution in [0.25, 0.3) is 0 Å². The fourth-order valence-electron chi connectivity index (χ4n) is 1.30. The Morgan fingerprint density at radius 2 is 2.06 bits per heavy atom. The number of carbonyl (C=O) groups is 1. The third kappa shape index (κ3) is 3.64. The molecule has 94 valence electrons. The van der Waals surface area contributed by atoms with Crippen molar-refractivity contribution in [3.05, 3.63) is 23.2 Å². The van der Waals surface area contributed by atoms with Crippen molar-refractivity contribution in [2.45, 2.75) is 26.4 Å². The predicted octanol–water partition coefficient (Wildman–Crippen LogP) is 1.07. The maximum atomic E-state index is 11.9. The first-order valence-electron chi connectivity index (χ1n) is 5.39.